The molecule has 2 heterocycles. The quantitative estimate of drug-likeness (QED) is 0.794. The fraction of sp³-hybridized carbons (Fsp3) is 0.0667. The van der Waals surface area contributed by atoms with Crippen LogP contribution in [0.2, 0.25) is 0 Å². The summed E-state index contributed by atoms with van der Waals surface area (Å²) in [5.74, 6) is -0.448. The summed E-state index contributed by atoms with van der Waals surface area (Å²) in [6.45, 7) is 0. The molecule has 1 amide bonds. The predicted octanol–water partition coefficient (Wildman–Crippen LogP) is 2.65. The van der Waals surface area contributed by atoms with Gasteiger partial charge in [-0.2, -0.15) is 0 Å². The summed E-state index contributed by atoms with van der Waals surface area (Å²) in [4.78, 5) is 16.0. The molecule has 0 atom stereocenters. The number of aromatic nitrogens is 2. The Kier molecular flexibility index (Phi) is 3.16. The lowest BCUT2D eigenvalue weighted by Gasteiger charge is -2.06. The van der Waals surface area contributed by atoms with Gasteiger partial charge < -0.3 is 9.72 Å². The van der Waals surface area contributed by atoms with E-state index in [1.54, 1.807) is 30.6 Å². The Hall–Kier alpha value is -2.69. The molecule has 3 aromatic rings. The minimum atomic E-state index is -0.306. The average molecular weight is 269 g/mol. The Morgan fingerprint density at radius 1 is 1.20 bits per heavy atom. The molecule has 2 aromatic heterocycles. The summed E-state index contributed by atoms with van der Waals surface area (Å²) in [5, 5.41) is 2.81. The Morgan fingerprint density at radius 3 is 2.80 bits per heavy atom. The van der Waals surface area contributed by atoms with E-state index in [4.69, 9.17) is 0 Å². The lowest BCUT2D eigenvalue weighted by Crippen LogP contribution is -2.14. The summed E-state index contributed by atoms with van der Waals surface area (Å²) in [6, 6.07) is 9.53. The van der Waals surface area contributed by atoms with Gasteiger partial charge in [-0.15, -0.1) is 0 Å². The van der Waals surface area contributed by atoms with E-state index in [2.05, 4.69) is 10.3 Å². The van der Waals surface area contributed by atoms with Crippen molar-refractivity contribution in [3.8, 4) is 0 Å². The SMILES string of the molecule is O=C(Cc1ccc(F)cc1)Nc1ccc2nccn2c1. The van der Waals surface area contributed by atoms with Crippen LogP contribution >= 0.6 is 0 Å². The zero-order valence-electron chi connectivity index (χ0n) is 10.6. The van der Waals surface area contributed by atoms with E-state index in [0.717, 1.165) is 11.2 Å². The van der Waals surface area contributed by atoms with E-state index >= 15 is 0 Å². The molecule has 0 aliphatic rings. The maximum atomic E-state index is 12.8. The van der Waals surface area contributed by atoms with Gasteiger partial charge in [-0.25, -0.2) is 9.37 Å². The molecular formula is C15H12FN3O. The number of fused-ring (bicyclic) bond motifs is 1. The Labute approximate surface area is 114 Å². The van der Waals surface area contributed by atoms with Gasteiger partial charge in [0.05, 0.1) is 12.1 Å². The van der Waals surface area contributed by atoms with Crippen LogP contribution in [0.3, 0.4) is 0 Å². The second kappa shape index (κ2) is 5.13. The molecule has 0 aliphatic heterocycles. The number of carbonyl (C=O) groups excluding carboxylic acids is 1. The number of amides is 1. The first kappa shape index (κ1) is 12.3. The maximum absolute atomic E-state index is 12.8. The first-order valence-corrected chi connectivity index (χ1v) is 6.18. The van der Waals surface area contributed by atoms with E-state index in [1.807, 2.05) is 16.7 Å². The van der Waals surface area contributed by atoms with Gasteiger partial charge in [-0.3, -0.25) is 4.79 Å². The van der Waals surface area contributed by atoms with Gasteiger partial charge in [0.1, 0.15) is 11.5 Å². The zero-order valence-corrected chi connectivity index (χ0v) is 10.6. The molecule has 0 bridgehead atoms. The number of anilines is 1. The van der Waals surface area contributed by atoms with Crippen LogP contribution in [0.4, 0.5) is 10.1 Å². The lowest BCUT2D eigenvalue weighted by molar-refractivity contribution is -0.115. The average Bonchev–Trinajstić information content (AvgIpc) is 2.89. The highest BCUT2D eigenvalue weighted by atomic mass is 19.1. The van der Waals surface area contributed by atoms with Gasteiger partial charge in [0.2, 0.25) is 5.91 Å². The molecule has 0 spiro atoms. The summed E-state index contributed by atoms with van der Waals surface area (Å²) in [5.41, 5.74) is 2.29. The molecule has 1 aromatic carbocycles. The van der Waals surface area contributed by atoms with Crippen LogP contribution in [0.25, 0.3) is 5.65 Å². The third-order valence-corrected chi connectivity index (χ3v) is 2.95. The molecule has 0 fully saturated rings. The van der Waals surface area contributed by atoms with Crippen LogP contribution in [0.15, 0.2) is 55.0 Å². The largest absolute Gasteiger partial charge is 0.324 e. The van der Waals surface area contributed by atoms with E-state index in [0.29, 0.717) is 5.69 Å². The molecule has 100 valence electrons. The molecular weight excluding hydrogens is 257 g/mol. The minimum Gasteiger partial charge on any atom is -0.324 e. The predicted molar refractivity (Wildman–Crippen MR) is 73.9 cm³/mol. The monoisotopic (exact) mass is 269 g/mol. The third kappa shape index (κ3) is 2.66. The first-order valence-electron chi connectivity index (χ1n) is 6.18. The topological polar surface area (TPSA) is 46.4 Å². The summed E-state index contributed by atoms with van der Waals surface area (Å²) >= 11 is 0. The second-order valence-corrected chi connectivity index (χ2v) is 4.46. The summed E-state index contributed by atoms with van der Waals surface area (Å²) in [7, 11) is 0. The molecule has 3 rings (SSSR count). The molecule has 20 heavy (non-hydrogen) atoms. The zero-order chi connectivity index (χ0) is 13.9. The number of hydrogen-bond acceptors (Lipinski definition) is 2. The molecule has 0 saturated carbocycles. The number of rotatable bonds is 3. The van der Waals surface area contributed by atoms with Crippen molar-refractivity contribution in [1.29, 1.82) is 0 Å². The normalized spacial score (nSPS) is 10.7. The number of nitrogens with one attached hydrogen (secondary N) is 1. The van der Waals surface area contributed by atoms with Crippen molar-refractivity contribution in [2.45, 2.75) is 6.42 Å². The second-order valence-electron chi connectivity index (χ2n) is 4.46. The van der Waals surface area contributed by atoms with Crippen LogP contribution in [0.1, 0.15) is 5.56 Å². The van der Waals surface area contributed by atoms with Crippen molar-refractivity contribution in [1.82, 2.24) is 9.38 Å². The fourth-order valence-corrected chi connectivity index (χ4v) is 1.99. The van der Waals surface area contributed by atoms with Gasteiger partial charge in [0, 0.05) is 18.6 Å². The third-order valence-electron chi connectivity index (χ3n) is 2.95. The van der Waals surface area contributed by atoms with Crippen LogP contribution in [0, 0.1) is 5.82 Å². The van der Waals surface area contributed by atoms with Gasteiger partial charge in [0.25, 0.3) is 0 Å². The highest BCUT2D eigenvalue weighted by Gasteiger charge is 2.05. The Balaban J connectivity index is 1.70. The Morgan fingerprint density at radius 2 is 2.00 bits per heavy atom. The van der Waals surface area contributed by atoms with Crippen molar-refractivity contribution in [2.24, 2.45) is 0 Å². The van der Waals surface area contributed by atoms with Crippen molar-refractivity contribution < 1.29 is 9.18 Å². The van der Waals surface area contributed by atoms with Crippen molar-refractivity contribution >= 4 is 17.2 Å². The lowest BCUT2D eigenvalue weighted by atomic mass is 10.1. The molecule has 0 saturated heterocycles. The molecule has 1 N–H and O–H groups in total. The van der Waals surface area contributed by atoms with Crippen molar-refractivity contribution in [2.75, 3.05) is 5.32 Å². The smallest absolute Gasteiger partial charge is 0.228 e. The van der Waals surface area contributed by atoms with Crippen LogP contribution in [-0.4, -0.2) is 15.3 Å². The van der Waals surface area contributed by atoms with Gasteiger partial charge >= 0.3 is 0 Å². The molecule has 4 nitrogen and oxygen atoms in total. The molecule has 0 unspecified atom stereocenters. The van der Waals surface area contributed by atoms with Crippen LogP contribution in [0.5, 0.6) is 0 Å². The highest BCUT2D eigenvalue weighted by molar-refractivity contribution is 5.92. The number of benzene rings is 1. The van der Waals surface area contributed by atoms with E-state index in [9.17, 15) is 9.18 Å². The van der Waals surface area contributed by atoms with E-state index < -0.39 is 0 Å². The van der Waals surface area contributed by atoms with Crippen LogP contribution in [-0.2, 0) is 11.2 Å². The number of imidazole rings is 1. The first-order chi connectivity index (χ1) is 9.70. The molecule has 0 radical (unpaired) electrons. The van der Waals surface area contributed by atoms with Crippen molar-refractivity contribution in [3.05, 3.63) is 66.4 Å². The van der Waals surface area contributed by atoms with E-state index in [-0.39, 0.29) is 18.1 Å². The fourth-order valence-electron chi connectivity index (χ4n) is 1.99. The number of halogens is 1. The number of carbonyl (C=O) groups is 1. The summed E-state index contributed by atoms with van der Waals surface area (Å²) in [6.07, 6.45) is 5.51. The van der Waals surface area contributed by atoms with Gasteiger partial charge in [-0.05, 0) is 29.8 Å². The van der Waals surface area contributed by atoms with Crippen LogP contribution < -0.4 is 5.32 Å². The minimum absolute atomic E-state index is 0.143. The number of hydrogen-bond donors (Lipinski definition) is 1. The van der Waals surface area contributed by atoms with Gasteiger partial charge in [-0.1, -0.05) is 12.1 Å². The molecule has 0 aliphatic carbocycles. The van der Waals surface area contributed by atoms with Crippen molar-refractivity contribution in [3.63, 3.8) is 0 Å². The number of nitrogens with zero attached hydrogens (tertiary/aromatic N) is 2. The Bertz CT molecular complexity index is 749. The maximum Gasteiger partial charge on any atom is 0.228 e. The highest BCUT2D eigenvalue weighted by Crippen LogP contribution is 2.11. The number of pyridine rings is 1. The van der Waals surface area contributed by atoms with E-state index in [1.165, 1.54) is 12.1 Å². The summed E-state index contributed by atoms with van der Waals surface area (Å²) < 4.78 is 14.6. The standard InChI is InChI=1S/C15H12FN3O/c16-12-3-1-11(2-4-12)9-15(20)18-13-5-6-14-17-7-8-19(14)10-13/h1-8,10H,9H2,(H,18,20). The van der Waals surface area contributed by atoms with Gasteiger partial charge in [0.15, 0.2) is 0 Å². The molecule has 5 heteroatoms.